The third kappa shape index (κ3) is 3.57. The lowest BCUT2D eigenvalue weighted by Crippen LogP contribution is -2.40. The molecular formula is C21H17F2NO2S. The van der Waals surface area contributed by atoms with Gasteiger partial charge in [-0.05, 0) is 47.2 Å². The molecule has 0 radical (unpaired) electrons. The van der Waals surface area contributed by atoms with Crippen molar-refractivity contribution in [2.24, 2.45) is 0 Å². The summed E-state index contributed by atoms with van der Waals surface area (Å²) in [6.07, 6.45) is 0.787. The maximum atomic E-state index is 13.2. The van der Waals surface area contributed by atoms with Gasteiger partial charge < -0.3 is 9.64 Å². The van der Waals surface area contributed by atoms with Gasteiger partial charge in [0.1, 0.15) is 5.75 Å². The Labute approximate surface area is 159 Å². The van der Waals surface area contributed by atoms with Crippen molar-refractivity contribution in [1.82, 2.24) is 4.90 Å². The normalized spacial score (nSPS) is 16.3. The average molecular weight is 385 g/mol. The molecule has 0 bridgehead atoms. The molecule has 1 amide bonds. The second-order valence-electron chi connectivity index (χ2n) is 6.27. The summed E-state index contributed by atoms with van der Waals surface area (Å²) in [5.74, 6) is -0.208. The van der Waals surface area contributed by atoms with Gasteiger partial charge in [-0.15, -0.1) is 11.3 Å². The van der Waals surface area contributed by atoms with E-state index in [0.717, 1.165) is 17.5 Å². The number of halogens is 2. The zero-order chi connectivity index (χ0) is 18.8. The lowest BCUT2D eigenvalue weighted by molar-refractivity contribution is -0.0499. The number of thiophene rings is 1. The fourth-order valence-corrected chi connectivity index (χ4v) is 4.40. The lowest BCUT2D eigenvalue weighted by Gasteiger charge is -2.36. The number of amides is 1. The predicted molar refractivity (Wildman–Crippen MR) is 100 cm³/mol. The molecule has 1 aliphatic heterocycles. The van der Waals surface area contributed by atoms with E-state index >= 15 is 0 Å². The van der Waals surface area contributed by atoms with E-state index in [2.05, 4.69) is 10.8 Å². The number of nitrogens with zero attached hydrogens (tertiary/aromatic N) is 1. The summed E-state index contributed by atoms with van der Waals surface area (Å²) in [6, 6.07) is 17.7. The topological polar surface area (TPSA) is 29.5 Å². The highest BCUT2D eigenvalue weighted by atomic mass is 32.1. The van der Waals surface area contributed by atoms with Crippen LogP contribution in [0.2, 0.25) is 0 Å². The molecule has 3 nitrogen and oxygen atoms in total. The Morgan fingerprint density at radius 2 is 1.93 bits per heavy atom. The summed E-state index contributed by atoms with van der Waals surface area (Å²) in [5.41, 5.74) is 2.50. The number of carbonyl (C=O) groups is 1. The van der Waals surface area contributed by atoms with Crippen LogP contribution in [-0.2, 0) is 6.42 Å². The number of carbonyl (C=O) groups excluding carboxylic acids is 1. The predicted octanol–water partition coefficient (Wildman–Crippen LogP) is 5.14. The van der Waals surface area contributed by atoms with Crippen molar-refractivity contribution < 1.29 is 18.3 Å². The number of rotatable bonds is 4. The Hall–Kier alpha value is -2.73. The first-order valence-corrected chi connectivity index (χ1v) is 9.48. The molecule has 27 heavy (non-hydrogen) atoms. The fourth-order valence-electron chi connectivity index (χ4n) is 3.50. The van der Waals surface area contributed by atoms with Crippen LogP contribution in [0.15, 0.2) is 66.0 Å². The maximum absolute atomic E-state index is 13.2. The van der Waals surface area contributed by atoms with E-state index in [1.165, 1.54) is 17.0 Å². The highest BCUT2D eigenvalue weighted by Crippen LogP contribution is 2.38. The molecule has 0 saturated carbocycles. The molecule has 2 heterocycles. The van der Waals surface area contributed by atoms with E-state index in [-0.39, 0.29) is 17.7 Å². The van der Waals surface area contributed by atoms with Gasteiger partial charge in [0.2, 0.25) is 0 Å². The van der Waals surface area contributed by atoms with E-state index in [1.807, 2.05) is 40.6 Å². The third-order valence-corrected chi connectivity index (χ3v) is 5.64. The molecule has 4 rings (SSSR count). The van der Waals surface area contributed by atoms with Crippen molar-refractivity contribution in [3.05, 3.63) is 87.6 Å². The van der Waals surface area contributed by atoms with E-state index in [1.54, 1.807) is 23.5 Å². The molecular weight excluding hydrogens is 368 g/mol. The zero-order valence-corrected chi connectivity index (χ0v) is 15.2. The molecule has 0 unspecified atom stereocenters. The zero-order valence-electron chi connectivity index (χ0n) is 14.3. The molecule has 0 fully saturated rings. The fraction of sp³-hybridized carbons (Fsp3) is 0.190. The van der Waals surface area contributed by atoms with Crippen molar-refractivity contribution >= 4 is 17.2 Å². The Balaban J connectivity index is 1.70. The molecule has 138 valence electrons. The summed E-state index contributed by atoms with van der Waals surface area (Å²) in [6.45, 7) is -2.35. The van der Waals surface area contributed by atoms with Gasteiger partial charge in [0.05, 0.1) is 6.04 Å². The van der Waals surface area contributed by atoms with Gasteiger partial charge in [0, 0.05) is 17.0 Å². The molecule has 0 spiro atoms. The third-order valence-electron chi connectivity index (χ3n) is 4.65. The van der Waals surface area contributed by atoms with E-state index in [9.17, 15) is 13.6 Å². The SMILES string of the molecule is O=C(c1cccc(OC(F)F)c1)N1CCc2sccc2[C@@H]1c1ccccc1. The van der Waals surface area contributed by atoms with Gasteiger partial charge in [-0.2, -0.15) is 8.78 Å². The summed E-state index contributed by atoms with van der Waals surface area (Å²) in [4.78, 5) is 16.3. The minimum absolute atomic E-state index is 0.0136. The highest BCUT2D eigenvalue weighted by Gasteiger charge is 2.33. The number of hydrogen-bond acceptors (Lipinski definition) is 3. The first-order valence-electron chi connectivity index (χ1n) is 8.60. The number of hydrogen-bond donors (Lipinski definition) is 0. The second-order valence-corrected chi connectivity index (χ2v) is 7.27. The van der Waals surface area contributed by atoms with Crippen molar-refractivity contribution in [2.75, 3.05) is 6.54 Å². The smallest absolute Gasteiger partial charge is 0.387 e. The van der Waals surface area contributed by atoms with Crippen molar-refractivity contribution in [3.63, 3.8) is 0 Å². The Morgan fingerprint density at radius 1 is 1.11 bits per heavy atom. The van der Waals surface area contributed by atoms with Gasteiger partial charge >= 0.3 is 6.61 Å². The average Bonchev–Trinajstić information content (AvgIpc) is 3.16. The van der Waals surface area contributed by atoms with Crippen LogP contribution in [0, 0.1) is 0 Å². The van der Waals surface area contributed by atoms with Crippen LogP contribution in [0.25, 0.3) is 0 Å². The van der Waals surface area contributed by atoms with Crippen molar-refractivity contribution in [2.45, 2.75) is 19.1 Å². The number of alkyl halides is 2. The minimum atomic E-state index is -2.92. The molecule has 2 aromatic carbocycles. The van der Waals surface area contributed by atoms with Gasteiger partial charge in [-0.3, -0.25) is 4.79 Å². The maximum Gasteiger partial charge on any atom is 0.387 e. The first kappa shape index (κ1) is 17.7. The van der Waals surface area contributed by atoms with Crippen LogP contribution in [0.1, 0.15) is 32.4 Å². The molecule has 1 aromatic heterocycles. The molecule has 0 aliphatic carbocycles. The van der Waals surface area contributed by atoms with Gasteiger partial charge in [-0.1, -0.05) is 36.4 Å². The minimum Gasteiger partial charge on any atom is -0.435 e. The number of benzene rings is 2. The number of ether oxygens (including phenoxy) is 1. The summed E-state index contributed by atoms with van der Waals surface area (Å²) < 4.78 is 29.5. The summed E-state index contributed by atoms with van der Waals surface area (Å²) in [7, 11) is 0. The Bertz CT molecular complexity index is 942. The van der Waals surface area contributed by atoms with E-state index in [0.29, 0.717) is 12.1 Å². The van der Waals surface area contributed by atoms with Gasteiger partial charge in [0.25, 0.3) is 5.91 Å². The molecule has 0 N–H and O–H groups in total. The standard InChI is InChI=1S/C21H17F2NO2S/c22-21(23)26-16-8-4-7-15(13-16)20(25)24-11-9-18-17(10-12-27-18)19(24)14-5-2-1-3-6-14/h1-8,10,12-13,19,21H,9,11H2/t19-/m0/s1. The van der Waals surface area contributed by atoms with Crippen LogP contribution >= 0.6 is 11.3 Å². The Morgan fingerprint density at radius 3 is 2.70 bits per heavy atom. The molecule has 3 aromatic rings. The Kier molecular flexibility index (Phi) is 4.90. The second kappa shape index (κ2) is 7.48. The summed E-state index contributed by atoms with van der Waals surface area (Å²) in [5, 5.41) is 2.05. The first-order chi connectivity index (χ1) is 13.1. The van der Waals surface area contributed by atoms with Crippen molar-refractivity contribution in [3.8, 4) is 5.75 Å². The van der Waals surface area contributed by atoms with Crippen molar-refractivity contribution in [1.29, 1.82) is 0 Å². The quantitative estimate of drug-likeness (QED) is 0.623. The largest absolute Gasteiger partial charge is 0.435 e. The summed E-state index contributed by atoms with van der Waals surface area (Å²) >= 11 is 1.70. The molecule has 1 aliphatic rings. The number of fused-ring (bicyclic) bond motifs is 1. The van der Waals surface area contributed by atoms with Gasteiger partial charge in [0.15, 0.2) is 0 Å². The molecule has 0 saturated heterocycles. The van der Waals surface area contributed by atoms with E-state index < -0.39 is 6.61 Å². The van der Waals surface area contributed by atoms with Crippen LogP contribution in [-0.4, -0.2) is 24.0 Å². The lowest BCUT2D eigenvalue weighted by atomic mass is 9.92. The molecule has 1 atom stereocenters. The van der Waals surface area contributed by atoms with Crippen LogP contribution in [0.5, 0.6) is 5.75 Å². The van der Waals surface area contributed by atoms with Gasteiger partial charge in [-0.25, -0.2) is 0 Å². The van der Waals surface area contributed by atoms with Crippen LogP contribution < -0.4 is 4.74 Å². The highest BCUT2D eigenvalue weighted by molar-refractivity contribution is 7.10. The monoisotopic (exact) mass is 385 g/mol. The molecule has 6 heteroatoms. The van der Waals surface area contributed by atoms with E-state index in [4.69, 9.17) is 0 Å². The van der Waals surface area contributed by atoms with Crippen LogP contribution in [0.3, 0.4) is 0 Å². The van der Waals surface area contributed by atoms with Crippen LogP contribution in [0.4, 0.5) is 8.78 Å².